The van der Waals surface area contributed by atoms with E-state index in [1.54, 1.807) is 28.8 Å². The van der Waals surface area contributed by atoms with Crippen LogP contribution in [0, 0.1) is 23.2 Å². The Kier molecular flexibility index (Phi) is 10.5. The zero-order valence-corrected chi connectivity index (χ0v) is 28.4. The number of fused-ring (bicyclic) bond motifs is 1. The van der Waals surface area contributed by atoms with E-state index in [0.29, 0.717) is 32.5 Å². The maximum atomic E-state index is 15.0. The summed E-state index contributed by atoms with van der Waals surface area (Å²) >= 11 is 1.72. The number of hydrogen-bond acceptors (Lipinski definition) is 5. The lowest BCUT2D eigenvalue weighted by Gasteiger charge is -2.47. The van der Waals surface area contributed by atoms with Crippen molar-refractivity contribution in [1.29, 1.82) is 0 Å². The third-order valence-electron chi connectivity index (χ3n) is 9.74. The van der Waals surface area contributed by atoms with Crippen molar-refractivity contribution >= 4 is 35.2 Å². The summed E-state index contributed by atoms with van der Waals surface area (Å²) in [6.07, 6.45) is 7.19. The van der Waals surface area contributed by atoms with E-state index < -0.39 is 28.2 Å². The molecule has 3 aliphatic heterocycles. The van der Waals surface area contributed by atoms with Crippen LogP contribution in [0.15, 0.2) is 55.6 Å². The molecule has 1 aromatic rings. The number of hydrogen-bond donors (Lipinski definition) is 1. The number of carbonyl (C=O) groups excluding carboxylic acids is 3. The van der Waals surface area contributed by atoms with Crippen molar-refractivity contribution in [2.45, 2.75) is 95.2 Å². The fourth-order valence-corrected chi connectivity index (χ4v) is 10.8. The van der Waals surface area contributed by atoms with E-state index in [2.05, 4.69) is 54.7 Å². The molecule has 3 unspecified atom stereocenters. The molecule has 7 nitrogen and oxygen atoms in total. The molecule has 3 aliphatic rings. The summed E-state index contributed by atoms with van der Waals surface area (Å²) in [6.45, 7) is 22.1. The van der Waals surface area contributed by atoms with Gasteiger partial charge in [-0.25, -0.2) is 0 Å². The van der Waals surface area contributed by atoms with Crippen LogP contribution in [0.25, 0.3) is 0 Å². The van der Waals surface area contributed by atoms with Gasteiger partial charge in [0.05, 0.1) is 16.6 Å². The molecular weight excluding hydrogens is 570 g/mol. The van der Waals surface area contributed by atoms with Crippen molar-refractivity contribution in [1.82, 2.24) is 9.80 Å². The Morgan fingerprint density at radius 2 is 1.70 bits per heavy atom. The summed E-state index contributed by atoms with van der Waals surface area (Å²) in [4.78, 5) is 49.7. The summed E-state index contributed by atoms with van der Waals surface area (Å²) in [5, 5.41) is 9.36. The summed E-state index contributed by atoms with van der Waals surface area (Å²) in [5.74, 6) is -1.19. The van der Waals surface area contributed by atoms with Gasteiger partial charge in [0.2, 0.25) is 17.7 Å². The predicted molar refractivity (Wildman–Crippen MR) is 180 cm³/mol. The summed E-state index contributed by atoms with van der Waals surface area (Å²) < 4.78 is -0.691. The average molecular weight is 624 g/mol. The van der Waals surface area contributed by atoms with Crippen LogP contribution in [0.4, 0.5) is 5.69 Å². The van der Waals surface area contributed by atoms with Gasteiger partial charge in [-0.15, -0.1) is 24.9 Å². The molecule has 0 saturated carbocycles. The SMILES string of the molecule is C=CCN(C(=O)[C@@H]1[C@@H]2CC(C)C3(S2)C(C(=O)N(CC=C)C(C)(C)CC(C)(C)C)N(CCCCCO)C(=O)[C@H]13)c1ccccc1. The second-order valence-corrected chi connectivity index (χ2v) is 16.3. The maximum Gasteiger partial charge on any atom is 0.247 e. The van der Waals surface area contributed by atoms with E-state index in [9.17, 15) is 14.7 Å². The van der Waals surface area contributed by atoms with E-state index in [0.717, 1.165) is 24.9 Å². The number of anilines is 1. The third kappa shape index (κ3) is 6.26. The molecule has 0 aliphatic carbocycles. The Morgan fingerprint density at radius 3 is 2.30 bits per heavy atom. The molecule has 3 fully saturated rings. The Hall–Kier alpha value is -2.58. The summed E-state index contributed by atoms with van der Waals surface area (Å²) in [7, 11) is 0. The highest BCUT2D eigenvalue weighted by molar-refractivity contribution is 8.02. The van der Waals surface area contributed by atoms with Gasteiger partial charge >= 0.3 is 0 Å². The highest BCUT2D eigenvalue weighted by Crippen LogP contribution is 2.69. The minimum atomic E-state index is -0.691. The minimum absolute atomic E-state index is 0.0169. The molecule has 0 radical (unpaired) electrons. The van der Waals surface area contributed by atoms with E-state index >= 15 is 4.79 Å². The van der Waals surface area contributed by atoms with E-state index in [1.807, 2.05) is 40.1 Å². The van der Waals surface area contributed by atoms with Crippen molar-refractivity contribution in [2.24, 2.45) is 23.2 Å². The van der Waals surface area contributed by atoms with Crippen LogP contribution < -0.4 is 4.90 Å². The van der Waals surface area contributed by atoms with Gasteiger partial charge in [-0.2, -0.15) is 0 Å². The summed E-state index contributed by atoms with van der Waals surface area (Å²) in [6, 6.07) is 8.91. The summed E-state index contributed by atoms with van der Waals surface area (Å²) in [5.41, 5.74) is 0.293. The number of thioether (sulfide) groups is 1. The number of carbonyl (C=O) groups is 3. The molecule has 242 valence electrons. The first-order chi connectivity index (χ1) is 20.7. The van der Waals surface area contributed by atoms with Gasteiger partial charge in [-0.1, -0.05) is 58.0 Å². The number of benzene rings is 1. The predicted octanol–water partition coefficient (Wildman–Crippen LogP) is 5.93. The molecule has 3 amide bonds. The lowest BCUT2D eigenvalue weighted by molar-refractivity contribution is -0.146. The Bertz CT molecular complexity index is 1230. The first-order valence-electron chi connectivity index (χ1n) is 16.2. The topological polar surface area (TPSA) is 81.2 Å². The second-order valence-electron chi connectivity index (χ2n) is 14.7. The smallest absolute Gasteiger partial charge is 0.247 e. The van der Waals surface area contributed by atoms with Crippen LogP contribution in [0.1, 0.15) is 73.6 Å². The zero-order chi connectivity index (χ0) is 32.4. The van der Waals surface area contributed by atoms with Crippen LogP contribution in [0.5, 0.6) is 0 Å². The molecular formula is C36H53N3O4S. The first-order valence-corrected chi connectivity index (χ1v) is 17.1. The minimum Gasteiger partial charge on any atom is -0.396 e. The molecule has 3 saturated heterocycles. The molecule has 4 rings (SSSR count). The zero-order valence-electron chi connectivity index (χ0n) is 27.6. The number of aliphatic hydroxyl groups excluding tert-OH is 1. The number of nitrogens with zero attached hydrogens (tertiary/aromatic N) is 3. The molecule has 6 atom stereocenters. The van der Waals surface area contributed by atoms with Gasteiger partial charge in [0.25, 0.3) is 0 Å². The lowest BCUT2D eigenvalue weighted by Crippen LogP contribution is -2.61. The van der Waals surface area contributed by atoms with Crippen LogP contribution in [0.2, 0.25) is 0 Å². The number of unbranched alkanes of at least 4 members (excludes halogenated alkanes) is 2. The lowest BCUT2D eigenvalue weighted by atomic mass is 9.65. The number of aliphatic hydroxyl groups is 1. The molecule has 1 spiro atoms. The molecule has 1 aromatic carbocycles. The monoisotopic (exact) mass is 623 g/mol. The molecule has 44 heavy (non-hydrogen) atoms. The maximum absolute atomic E-state index is 15.0. The largest absolute Gasteiger partial charge is 0.396 e. The van der Waals surface area contributed by atoms with Crippen LogP contribution >= 0.6 is 11.8 Å². The Morgan fingerprint density at radius 1 is 1.05 bits per heavy atom. The molecule has 8 heteroatoms. The van der Waals surface area contributed by atoms with E-state index in [4.69, 9.17) is 0 Å². The van der Waals surface area contributed by atoms with Crippen LogP contribution in [-0.2, 0) is 14.4 Å². The second kappa shape index (κ2) is 13.4. The number of para-hydroxylation sites is 1. The van der Waals surface area contributed by atoms with Gasteiger partial charge < -0.3 is 19.8 Å². The Labute approximate surface area is 269 Å². The van der Waals surface area contributed by atoms with Crippen molar-refractivity contribution < 1.29 is 19.5 Å². The molecule has 2 bridgehead atoms. The van der Waals surface area contributed by atoms with Crippen molar-refractivity contribution in [3.8, 4) is 0 Å². The van der Waals surface area contributed by atoms with Gasteiger partial charge in [0, 0.05) is 42.7 Å². The van der Waals surface area contributed by atoms with Gasteiger partial charge in [-0.05, 0) is 69.4 Å². The molecule has 0 aromatic heterocycles. The van der Waals surface area contributed by atoms with Crippen molar-refractivity contribution in [3.63, 3.8) is 0 Å². The third-order valence-corrected chi connectivity index (χ3v) is 11.8. The van der Waals surface area contributed by atoms with Crippen LogP contribution in [0.3, 0.4) is 0 Å². The van der Waals surface area contributed by atoms with E-state index in [1.165, 1.54) is 0 Å². The fraction of sp³-hybridized carbons (Fsp3) is 0.639. The molecule has 3 heterocycles. The first kappa shape index (κ1) is 34.3. The van der Waals surface area contributed by atoms with Crippen molar-refractivity contribution in [3.05, 3.63) is 55.6 Å². The number of likely N-dealkylation sites (tertiary alicyclic amines) is 1. The standard InChI is InChI=1S/C36H53N3O4S/c1-9-19-37(26-17-13-11-14-18-26)31(41)28-27-23-25(3)36(44-27)29(28)32(42)38(21-15-12-16-22-40)30(36)33(43)39(20-10-2)35(7,8)24-34(4,5)6/h9-11,13-14,17-18,25,27-30,40H,1-2,12,15-16,19-24H2,3-8H3/t25?,27-,28+,29-,30?,36?/m0/s1. The quantitative estimate of drug-likeness (QED) is 0.205. The molecule has 1 N–H and O–H groups in total. The highest BCUT2D eigenvalue weighted by Gasteiger charge is 2.76. The van der Waals surface area contributed by atoms with E-state index in [-0.39, 0.29) is 40.9 Å². The highest BCUT2D eigenvalue weighted by atomic mass is 32.2. The number of rotatable bonds is 14. The van der Waals surface area contributed by atoms with Gasteiger partial charge in [0.15, 0.2) is 0 Å². The average Bonchev–Trinajstić information content (AvgIpc) is 3.54. The van der Waals surface area contributed by atoms with Crippen LogP contribution in [-0.4, -0.2) is 80.4 Å². The Balaban J connectivity index is 1.79. The normalized spacial score (nSPS) is 27.8. The van der Waals surface area contributed by atoms with Gasteiger partial charge in [-0.3, -0.25) is 14.4 Å². The fourth-order valence-electron chi connectivity index (χ4n) is 8.44. The van der Waals surface area contributed by atoms with Gasteiger partial charge in [0.1, 0.15) is 6.04 Å². The number of amides is 3. The van der Waals surface area contributed by atoms with Crippen molar-refractivity contribution in [2.75, 3.05) is 31.1 Å².